The number of carbonyl (C=O) groups is 1. The SMILES string of the molecule is CN(C)CCN(CCCc1ccccc1)C(=O)NCC(F)(F)F. The van der Waals surface area contributed by atoms with Gasteiger partial charge < -0.3 is 15.1 Å². The molecule has 0 aromatic heterocycles. The quantitative estimate of drug-likeness (QED) is 0.795. The molecule has 0 radical (unpaired) electrons. The zero-order chi connectivity index (χ0) is 17.3. The molecule has 0 aliphatic heterocycles. The summed E-state index contributed by atoms with van der Waals surface area (Å²) in [6, 6.07) is 9.13. The Kier molecular flexibility index (Phi) is 7.88. The summed E-state index contributed by atoms with van der Waals surface area (Å²) in [6.07, 6.45) is -2.91. The second-order valence-electron chi connectivity index (χ2n) is 5.65. The Morgan fingerprint density at radius 3 is 2.30 bits per heavy atom. The van der Waals surface area contributed by atoms with Crippen molar-refractivity contribution in [2.24, 2.45) is 0 Å². The predicted octanol–water partition coefficient (Wildman–Crippen LogP) is 2.75. The van der Waals surface area contributed by atoms with Gasteiger partial charge in [0.25, 0.3) is 0 Å². The van der Waals surface area contributed by atoms with Crippen LogP contribution in [0.25, 0.3) is 0 Å². The third kappa shape index (κ3) is 9.07. The minimum absolute atomic E-state index is 0.394. The van der Waals surface area contributed by atoms with Gasteiger partial charge in [-0.25, -0.2) is 4.79 Å². The summed E-state index contributed by atoms with van der Waals surface area (Å²) in [6.45, 7) is 0.117. The van der Waals surface area contributed by atoms with Crippen molar-refractivity contribution in [2.45, 2.75) is 19.0 Å². The number of carbonyl (C=O) groups excluding carboxylic acids is 1. The molecule has 0 unspecified atom stereocenters. The first kappa shape index (κ1) is 19.3. The second-order valence-corrected chi connectivity index (χ2v) is 5.65. The van der Waals surface area contributed by atoms with Crippen LogP contribution in [0.3, 0.4) is 0 Å². The van der Waals surface area contributed by atoms with Crippen LogP contribution in [0.2, 0.25) is 0 Å². The lowest BCUT2D eigenvalue weighted by Gasteiger charge is -2.25. The molecule has 0 saturated carbocycles. The van der Waals surface area contributed by atoms with Gasteiger partial charge in [0.05, 0.1) is 0 Å². The molecule has 7 heteroatoms. The highest BCUT2D eigenvalue weighted by Gasteiger charge is 2.28. The molecule has 0 saturated heterocycles. The summed E-state index contributed by atoms with van der Waals surface area (Å²) in [5.41, 5.74) is 1.15. The van der Waals surface area contributed by atoms with E-state index in [1.807, 2.05) is 54.6 Å². The molecule has 0 bridgehead atoms. The van der Waals surface area contributed by atoms with Crippen molar-refractivity contribution < 1.29 is 18.0 Å². The first-order valence-corrected chi connectivity index (χ1v) is 7.56. The largest absolute Gasteiger partial charge is 0.405 e. The number of amides is 2. The summed E-state index contributed by atoms with van der Waals surface area (Å²) < 4.78 is 36.7. The third-order valence-electron chi connectivity index (χ3n) is 3.28. The van der Waals surface area contributed by atoms with Crippen LogP contribution in [0.5, 0.6) is 0 Å². The molecule has 1 aromatic carbocycles. The van der Waals surface area contributed by atoms with Gasteiger partial charge in [-0.1, -0.05) is 30.3 Å². The Balaban J connectivity index is 2.48. The van der Waals surface area contributed by atoms with Gasteiger partial charge in [0, 0.05) is 19.6 Å². The number of likely N-dealkylation sites (N-methyl/N-ethyl adjacent to an activating group) is 1. The summed E-state index contributed by atoms with van der Waals surface area (Å²) in [4.78, 5) is 15.3. The molecular formula is C16H24F3N3O. The van der Waals surface area contributed by atoms with Crippen molar-refractivity contribution in [3.63, 3.8) is 0 Å². The van der Waals surface area contributed by atoms with Crippen molar-refractivity contribution in [1.82, 2.24) is 15.1 Å². The van der Waals surface area contributed by atoms with E-state index < -0.39 is 18.8 Å². The molecule has 0 heterocycles. The van der Waals surface area contributed by atoms with E-state index in [4.69, 9.17) is 0 Å². The minimum Gasteiger partial charge on any atom is -0.329 e. The molecule has 0 fully saturated rings. The molecule has 0 aliphatic rings. The third-order valence-corrected chi connectivity index (χ3v) is 3.28. The van der Waals surface area contributed by atoms with E-state index in [-0.39, 0.29) is 0 Å². The maximum atomic E-state index is 12.2. The number of nitrogens with zero attached hydrogens (tertiary/aromatic N) is 2. The van der Waals surface area contributed by atoms with Crippen LogP contribution < -0.4 is 5.32 Å². The molecule has 0 aliphatic carbocycles. The zero-order valence-corrected chi connectivity index (χ0v) is 13.6. The maximum absolute atomic E-state index is 12.2. The standard InChI is InChI=1S/C16H24F3N3O/c1-21(2)11-12-22(15(23)20-13-16(17,18)19)10-6-9-14-7-4-3-5-8-14/h3-5,7-8H,6,9-13H2,1-2H3,(H,20,23). The average molecular weight is 331 g/mol. The van der Waals surface area contributed by atoms with Crippen LogP contribution >= 0.6 is 0 Å². The maximum Gasteiger partial charge on any atom is 0.405 e. The lowest BCUT2D eigenvalue weighted by Crippen LogP contribution is -2.46. The highest BCUT2D eigenvalue weighted by molar-refractivity contribution is 5.74. The van der Waals surface area contributed by atoms with E-state index in [0.717, 1.165) is 12.0 Å². The van der Waals surface area contributed by atoms with Crippen LogP contribution in [0.1, 0.15) is 12.0 Å². The lowest BCUT2D eigenvalue weighted by molar-refractivity contribution is -0.123. The minimum atomic E-state index is -4.40. The Labute approximate surface area is 135 Å². The van der Waals surface area contributed by atoms with Gasteiger partial charge in [0.2, 0.25) is 0 Å². The van der Waals surface area contributed by atoms with Crippen LogP contribution in [-0.4, -0.2) is 62.3 Å². The summed E-state index contributed by atoms with van der Waals surface area (Å²) >= 11 is 0. The normalized spacial score (nSPS) is 11.6. The van der Waals surface area contributed by atoms with Gasteiger partial charge in [-0.15, -0.1) is 0 Å². The Morgan fingerprint density at radius 2 is 1.74 bits per heavy atom. The summed E-state index contributed by atoms with van der Waals surface area (Å²) in [7, 11) is 3.71. The van der Waals surface area contributed by atoms with Gasteiger partial charge in [0.1, 0.15) is 6.54 Å². The van der Waals surface area contributed by atoms with Gasteiger partial charge >= 0.3 is 12.2 Å². The van der Waals surface area contributed by atoms with E-state index >= 15 is 0 Å². The number of hydrogen-bond donors (Lipinski definition) is 1. The van der Waals surface area contributed by atoms with E-state index in [1.165, 1.54) is 4.90 Å². The summed E-state index contributed by atoms with van der Waals surface area (Å²) in [5.74, 6) is 0. The number of benzene rings is 1. The highest BCUT2D eigenvalue weighted by atomic mass is 19.4. The topological polar surface area (TPSA) is 35.6 Å². The Morgan fingerprint density at radius 1 is 1.09 bits per heavy atom. The highest BCUT2D eigenvalue weighted by Crippen LogP contribution is 2.12. The van der Waals surface area contributed by atoms with Crippen molar-refractivity contribution >= 4 is 6.03 Å². The fourth-order valence-corrected chi connectivity index (χ4v) is 2.04. The smallest absolute Gasteiger partial charge is 0.329 e. The summed E-state index contributed by atoms with van der Waals surface area (Å²) in [5, 5.41) is 1.94. The van der Waals surface area contributed by atoms with Crippen molar-refractivity contribution in [3.8, 4) is 0 Å². The number of halogens is 3. The molecular weight excluding hydrogens is 307 g/mol. The molecule has 1 N–H and O–H groups in total. The van der Waals surface area contributed by atoms with Crippen LogP contribution in [0, 0.1) is 0 Å². The fourth-order valence-electron chi connectivity index (χ4n) is 2.04. The molecule has 130 valence electrons. The number of aryl methyl sites for hydroxylation is 1. The van der Waals surface area contributed by atoms with Crippen LogP contribution in [-0.2, 0) is 6.42 Å². The van der Waals surface area contributed by atoms with E-state index in [2.05, 4.69) is 0 Å². The Bertz CT molecular complexity index is 463. The van der Waals surface area contributed by atoms with Gasteiger partial charge in [-0.3, -0.25) is 0 Å². The first-order valence-electron chi connectivity index (χ1n) is 7.56. The molecule has 4 nitrogen and oxygen atoms in total. The molecule has 1 rings (SSSR count). The van der Waals surface area contributed by atoms with Gasteiger partial charge in [0.15, 0.2) is 0 Å². The van der Waals surface area contributed by atoms with Crippen LogP contribution in [0.15, 0.2) is 30.3 Å². The van der Waals surface area contributed by atoms with Crippen LogP contribution in [0.4, 0.5) is 18.0 Å². The monoisotopic (exact) mass is 331 g/mol. The van der Waals surface area contributed by atoms with Gasteiger partial charge in [-0.2, -0.15) is 13.2 Å². The zero-order valence-electron chi connectivity index (χ0n) is 13.6. The predicted molar refractivity (Wildman–Crippen MR) is 84.3 cm³/mol. The molecule has 23 heavy (non-hydrogen) atoms. The first-order chi connectivity index (χ1) is 10.8. The lowest BCUT2D eigenvalue weighted by atomic mass is 10.1. The number of hydrogen-bond acceptors (Lipinski definition) is 2. The van der Waals surface area contributed by atoms with Crippen molar-refractivity contribution in [3.05, 3.63) is 35.9 Å². The van der Waals surface area contributed by atoms with Gasteiger partial charge in [-0.05, 0) is 32.5 Å². The molecule has 0 spiro atoms. The van der Waals surface area contributed by atoms with E-state index in [1.54, 1.807) is 0 Å². The fraction of sp³-hybridized carbons (Fsp3) is 0.562. The average Bonchev–Trinajstić information content (AvgIpc) is 2.48. The Hall–Kier alpha value is -1.76. The van der Waals surface area contributed by atoms with E-state index in [0.29, 0.717) is 26.1 Å². The number of urea groups is 1. The van der Waals surface area contributed by atoms with E-state index in [9.17, 15) is 18.0 Å². The van der Waals surface area contributed by atoms with Crippen molar-refractivity contribution in [2.75, 3.05) is 40.3 Å². The molecule has 1 aromatic rings. The number of alkyl halides is 3. The number of nitrogens with one attached hydrogen (secondary N) is 1. The molecule has 2 amide bonds. The number of rotatable bonds is 8. The van der Waals surface area contributed by atoms with Crippen molar-refractivity contribution in [1.29, 1.82) is 0 Å². The second kappa shape index (κ2) is 9.39. The molecule has 0 atom stereocenters.